The van der Waals surface area contributed by atoms with Crippen LogP contribution in [0.3, 0.4) is 0 Å². The van der Waals surface area contributed by atoms with Crippen molar-refractivity contribution >= 4 is 5.97 Å². The summed E-state index contributed by atoms with van der Waals surface area (Å²) < 4.78 is 5.65. The van der Waals surface area contributed by atoms with Gasteiger partial charge < -0.3 is 19.5 Å². The molecule has 2 aromatic carbocycles. The number of carbonyl (C=O) groups is 1. The summed E-state index contributed by atoms with van der Waals surface area (Å²) in [6.07, 6.45) is 2.09. The van der Waals surface area contributed by atoms with Gasteiger partial charge in [-0.25, -0.2) is 0 Å². The first kappa shape index (κ1) is 15.6. The van der Waals surface area contributed by atoms with Gasteiger partial charge in [0.25, 0.3) is 0 Å². The van der Waals surface area contributed by atoms with Gasteiger partial charge in [-0.3, -0.25) is 0 Å². The monoisotopic (exact) mass is 311 g/mol. The highest BCUT2D eigenvalue weighted by molar-refractivity contribution is 5.86. The molecule has 0 spiro atoms. The van der Waals surface area contributed by atoms with Crippen LogP contribution in [0.25, 0.3) is 0 Å². The van der Waals surface area contributed by atoms with Crippen molar-refractivity contribution in [2.45, 2.75) is 19.4 Å². The molecule has 1 unspecified atom stereocenters. The molecule has 1 heterocycles. The molecule has 1 atom stereocenters. The van der Waals surface area contributed by atoms with Crippen molar-refractivity contribution in [3.8, 4) is 5.75 Å². The van der Waals surface area contributed by atoms with Crippen LogP contribution in [0.15, 0.2) is 48.5 Å². The van der Waals surface area contributed by atoms with Gasteiger partial charge in [0.05, 0.1) is 25.7 Å². The Bertz CT molecular complexity index is 684. The molecular formula is C19H21NO3. The molecule has 3 rings (SSSR count). The molecule has 2 aromatic rings. The molecule has 23 heavy (non-hydrogen) atoms. The fourth-order valence-electron chi connectivity index (χ4n) is 3.08. The van der Waals surface area contributed by atoms with Crippen molar-refractivity contribution in [1.82, 2.24) is 0 Å². The van der Waals surface area contributed by atoms with E-state index in [1.807, 2.05) is 0 Å². The highest BCUT2D eigenvalue weighted by atomic mass is 16.5. The number of fused-ring (bicyclic) bond motifs is 1. The van der Waals surface area contributed by atoms with Crippen LogP contribution in [0.1, 0.15) is 27.9 Å². The van der Waals surface area contributed by atoms with Gasteiger partial charge in [0.15, 0.2) is 0 Å². The van der Waals surface area contributed by atoms with Crippen LogP contribution in [0.5, 0.6) is 5.75 Å². The van der Waals surface area contributed by atoms with Crippen molar-refractivity contribution in [1.29, 1.82) is 0 Å². The number of nitrogens with one attached hydrogen (secondary N) is 1. The maximum absolute atomic E-state index is 10.8. The van der Waals surface area contributed by atoms with Crippen LogP contribution in [0.4, 0.5) is 0 Å². The molecule has 0 amide bonds. The van der Waals surface area contributed by atoms with Crippen molar-refractivity contribution < 1.29 is 19.5 Å². The first-order valence-corrected chi connectivity index (χ1v) is 8.07. The Morgan fingerprint density at radius 3 is 2.78 bits per heavy atom. The third kappa shape index (κ3) is 4.11. The number of carbonyl (C=O) groups excluding carboxylic acids is 1. The number of hydrogen-bond acceptors (Lipinski definition) is 3. The number of rotatable bonds is 6. The predicted octanol–water partition coefficient (Wildman–Crippen LogP) is 0.460. The number of hydrogen-bond donors (Lipinski definition) is 1. The summed E-state index contributed by atoms with van der Waals surface area (Å²) in [7, 11) is 0. The molecule has 0 saturated carbocycles. The lowest BCUT2D eigenvalue weighted by atomic mass is 10.00. The minimum absolute atomic E-state index is 0.153. The lowest BCUT2D eigenvalue weighted by molar-refractivity contribution is -0.916. The van der Waals surface area contributed by atoms with E-state index in [9.17, 15) is 9.90 Å². The first-order chi connectivity index (χ1) is 11.2. The van der Waals surface area contributed by atoms with E-state index in [1.165, 1.54) is 23.3 Å². The highest BCUT2D eigenvalue weighted by Gasteiger charge is 2.18. The number of quaternary nitrogens is 1. The molecule has 0 radical (unpaired) electrons. The quantitative estimate of drug-likeness (QED) is 0.789. The van der Waals surface area contributed by atoms with E-state index in [1.54, 1.807) is 17.0 Å². The van der Waals surface area contributed by atoms with Crippen molar-refractivity contribution in [2.24, 2.45) is 0 Å². The molecule has 0 aliphatic carbocycles. The Hall–Kier alpha value is -2.33. The molecule has 0 bridgehead atoms. The number of aromatic carboxylic acids is 1. The highest BCUT2D eigenvalue weighted by Crippen LogP contribution is 2.13. The second kappa shape index (κ2) is 7.29. The Kier molecular flexibility index (Phi) is 4.93. The molecule has 120 valence electrons. The molecule has 0 aromatic heterocycles. The molecule has 1 aliphatic rings. The fraction of sp³-hybridized carbons (Fsp3) is 0.316. The first-order valence-electron chi connectivity index (χ1n) is 8.07. The summed E-state index contributed by atoms with van der Waals surface area (Å²) >= 11 is 0. The lowest BCUT2D eigenvalue weighted by Gasteiger charge is -2.25. The summed E-state index contributed by atoms with van der Waals surface area (Å²) in [5, 5.41) is 10.8. The van der Waals surface area contributed by atoms with E-state index in [0.29, 0.717) is 12.4 Å². The number of benzene rings is 2. The smallest absolute Gasteiger partial charge is 0.119 e. The molecular weight excluding hydrogens is 290 g/mol. The van der Waals surface area contributed by atoms with E-state index in [2.05, 4.69) is 24.3 Å². The van der Waals surface area contributed by atoms with Crippen LogP contribution < -0.4 is 14.7 Å². The van der Waals surface area contributed by atoms with E-state index in [-0.39, 0.29) is 5.56 Å². The summed E-state index contributed by atoms with van der Waals surface area (Å²) in [5.74, 6) is -0.586. The standard InChI is InChI=1S/C19H21NO3/c21-19(22)16-7-3-8-18(13-16)23-12-4-10-20-11-9-15-5-1-2-6-17(15)14-20/h1-3,5-8,13H,4,9-12,14H2,(H,21,22). The third-order valence-corrected chi connectivity index (χ3v) is 4.32. The average molecular weight is 311 g/mol. The van der Waals surface area contributed by atoms with E-state index < -0.39 is 5.97 Å². The van der Waals surface area contributed by atoms with Gasteiger partial charge in [0, 0.05) is 24.0 Å². The lowest BCUT2D eigenvalue weighted by Crippen LogP contribution is -3.11. The Balaban J connectivity index is 1.44. The van der Waals surface area contributed by atoms with Crippen molar-refractivity contribution in [3.63, 3.8) is 0 Å². The maximum Gasteiger partial charge on any atom is 0.119 e. The third-order valence-electron chi connectivity index (χ3n) is 4.32. The van der Waals surface area contributed by atoms with Gasteiger partial charge in [0.1, 0.15) is 12.3 Å². The molecule has 4 heteroatoms. The molecule has 1 aliphatic heterocycles. The predicted molar refractivity (Wildman–Crippen MR) is 85.4 cm³/mol. The van der Waals surface area contributed by atoms with Gasteiger partial charge >= 0.3 is 0 Å². The zero-order valence-electron chi connectivity index (χ0n) is 13.1. The summed E-state index contributed by atoms with van der Waals surface area (Å²) in [6, 6.07) is 15.1. The van der Waals surface area contributed by atoms with E-state index in [0.717, 1.165) is 32.5 Å². The Morgan fingerprint density at radius 1 is 1.13 bits per heavy atom. The second-order valence-corrected chi connectivity index (χ2v) is 5.96. The Morgan fingerprint density at radius 2 is 1.96 bits per heavy atom. The van der Waals surface area contributed by atoms with Gasteiger partial charge in [-0.2, -0.15) is 0 Å². The van der Waals surface area contributed by atoms with Crippen LogP contribution in [0.2, 0.25) is 0 Å². The fourth-order valence-corrected chi connectivity index (χ4v) is 3.08. The second-order valence-electron chi connectivity index (χ2n) is 5.96. The summed E-state index contributed by atoms with van der Waals surface area (Å²) in [4.78, 5) is 12.4. The van der Waals surface area contributed by atoms with Gasteiger partial charge in [-0.05, 0) is 17.7 Å². The van der Waals surface area contributed by atoms with Gasteiger partial charge in [0.2, 0.25) is 0 Å². The van der Waals surface area contributed by atoms with Crippen LogP contribution in [0, 0.1) is 0 Å². The number of carboxylic acids is 1. The molecule has 0 saturated heterocycles. The van der Waals surface area contributed by atoms with Gasteiger partial charge in [-0.15, -0.1) is 0 Å². The SMILES string of the molecule is O=C([O-])c1cccc(OCCC[NH+]2CCc3ccccc3C2)c1. The topological polar surface area (TPSA) is 53.8 Å². The minimum atomic E-state index is -1.17. The molecule has 1 N–H and O–H groups in total. The number of ether oxygens (including phenoxy) is 1. The minimum Gasteiger partial charge on any atom is -0.545 e. The maximum atomic E-state index is 10.8. The van der Waals surface area contributed by atoms with E-state index in [4.69, 9.17) is 4.74 Å². The van der Waals surface area contributed by atoms with Crippen LogP contribution in [-0.2, 0) is 13.0 Å². The molecule has 4 nitrogen and oxygen atoms in total. The molecule has 0 fully saturated rings. The zero-order valence-corrected chi connectivity index (χ0v) is 13.1. The number of carboxylic acid groups (broad SMARTS) is 1. The van der Waals surface area contributed by atoms with Gasteiger partial charge in [-0.1, -0.05) is 36.4 Å². The largest absolute Gasteiger partial charge is 0.545 e. The van der Waals surface area contributed by atoms with Crippen LogP contribution in [-0.4, -0.2) is 25.7 Å². The van der Waals surface area contributed by atoms with E-state index >= 15 is 0 Å². The Labute approximate surface area is 136 Å². The summed E-state index contributed by atoms with van der Waals surface area (Å²) in [6.45, 7) is 3.91. The zero-order chi connectivity index (χ0) is 16.1. The average Bonchev–Trinajstić information content (AvgIpc) is 2.59. The normalized spacial score (nSPS) is 16.6. The van der Waals surface area contributed by atoms with Crippen molar-refractivity contribution in [3.05, 3.63) is 65.2 Å². The van der Waals surface area contributed by atoms with Crippen LogP contribution >= 0.6 is 0 Å². The summed E-state index contributed by atoms with van der Waals surface area (Å²) in [5.41, 5.74) is 3.09. The van der Waals surface area contributed by atoms with Crippen molar-refractivity contribution in [2.75, 3.05) is 19.7 Å².